The minimum atomic E-state index is -0.126. The maximum absolute atomic E-state index is 11.9. The number of hydrogen-bond donors (Lipinski definition) is 2. The van der Waals surface area contributed by atoms with E-state index in [1.165, 1.54) is 11.3 Å². The summed E-state index contributed by atoms with van der Waals surface area (Å²) in [5.41, 5.74) is 6.86. The van der Waals surface area contributed by atoms with Gasteiger partial charge in [-0.15, -0.1) is 11.3 Å². The van der Waals surface area contributed by atoms with Crippen LogP contribution in [-0.2, 0) is 13.1 Å². The normalized spacial score (nSPS) is 10.4. The van der Waals surface area contributed by atoms with E-state index in [2.05, 4.69) is 10.3 Å². The minimum absolute atomic E-state index is 0.126. The Bertz CT molecular complexity index is 504. The van der Waals surface area contributed by atoms with E-state index in [9.17, 15) is 4.79 Å². The van der Waals surface area contributed by atoms with Gasteiger partial charge in [-0.3, -0.25) is 4.79 Å². The van der Waals surface area contributed by atoms with Crippen LogP contribution >= 0.6 is 11.3 Å². The zero-order valence-corrected chi connectivity index (χ0v) is 10.3. The number of carbonyl (C=O) groups excluding carboxylic acids is 1. The van der Waals surface area contributed by atoms with E-state index in [0.29, 0.717) is 17.9 Å². The number of thiazole rings is 1. The number of aryl methyl sites for hydroxylation is 1. The lowest BCUT2D eigenvalue weighted by Gasteiger charge is -2.06. The lowest BCUT2D eigenvalue weighted by atomic mass is 10.4. The Morgan fingerprint density at radius 3 is 3.12 bits per heavy atom. The SMILES string of the molecule is CCn1cc(N)cc1C(=O)NCc1nccs1. The molecule has 0 aromatic carbocycles. The second kappa shape index (κ2) is 5.01. The summed E-state index contributed by atoms with van der Waals surface area (Å²) in [6.07, 6.45) is 3.48. The summed E-state index contributed by atoms with van der Waals surface area (Å²) in [6, 6.07) is 1.68. The highest BCUT2D eigenvalue weighted by atomic mass is 32.1. The molecule has 0 bridgehead atoms. The van der Waals surface area contributed by atoms with Crippen molar-refractivity contribution in [3.63, 3.8) is 0 Å². The first-order valence-corrected chi connectivity index (χ1v) is 6.21. The zero-order valence-electron chi connectivity index (χ0n) is 9.51. The number of nitrogen functional groups attached to an aromatic ring is 1. The molecule has 90 valence electrons. The van der Waals surface area contributed by atoms with E-state index in [1.54, 1.807) is 18.5 Å². The summed E-state index contributed by atoms with van der Waals surface area (Å²) in [6.45, 7) is 3.14. The average molecular weight is 250 g/mol. The van der Waals surface area contributed by atoms with Gasteiger partial charge in [0, 0.05) is 24.3 Å². The van der Waals surface area contributed by atoms with Crippen LogP contribution in [0.5, 0.6) is 0 Å². The number of hydrogen-bond acceptors (Lipinski definition) is 4. The molecule has 6 heteroatoms. The van der Waals surface area contributed by atoms with Crippen LogP contribution < -0.4 is 11.1 Å². The molecule has 2 aromatic heterocycles. The van der Waals surface area contributed by atoms with Crippen molar-refractivity contribution in [2.45, 2.75) is 20.0 Å². The molecule has 0 aliphatic carbocycles. The Labute approximate surface area is 103 Å². The van der Waals surface area contributed by atoms with Crippen LogP contribution in [0, 0.1) is 0 Å². The molecule has 0 spiro atoms. The first-order chi connectivity index (χ1) is 8.20. The Hall–Kier alpha value is -1.82. The number of carbonyl (C=O) groups is 1. The number of nitrogens with one attached hydrogen (secondary N) is 1. The van der Waals surface area contributed by atoms with E-state index in [1.807, 2.05) is 16.9 Å². The molecule has 0 fully saturated rings. The number of rotatable bonds is 4. The van der Waals surface area contributed by atoms with Gasteiger partial charge in [0.15, 0.2) is 0 Å². The summed E-state index contributed by atoms with van der Waals surface area (Å²) < 4.78 is 1.83. The van der Waals surface area contributed by atoms with Crippen molar-refractivity contribution in [3.8, 4) is 0 Å². The van der Waals surface area contributed by atoms with E-state index >= 15 is 0 Å². The van der Waals surface area contributed by atoms with Crippen LogP contribution in [0.3, 0.4) is 0 Å². The van der Waals surface area contributed by atoms with Crippen molar-refractivity contribution in [2.24, 2.45) is 0 Å². The fourth-order valence-corrected chi connectivity index (χ4v) is 2.13. The summed E-state index contributed by atoms with van der Waals surface area (Å²) in [5, 5.41) is 5.59. The molecule has 0 saturated heterocycles. The molecule has 2 rings (SSSR count). The van der Waals surface area contributed by atoms with Crippen LogP contribution in [0.25, 0.3) is 0 Å². The van der Waals surface area contributed by atoms with Crippen LogP contribution in [-0.4, -0.2) is 15.5 Å². The molecular weight excluding hydrogens is 236 g/mol. The highest BCUT2D eigenvalue weighted by Gasteiger charge is 2.11. The highest BCUT2D eigenvalue weighted by molar-refractivity contribution is 7.09. The van der Waals surface area contributed by atoms with Crippen LogP contribution in [0.1, 0.15) is 22.4 Å². The first kappa shape index (κ1) is 11.7. The summed E-state index contributed by atoms with van der Waals surface area (Å²) >= 11 is 1.52. The third-order valence-electron chi connectivity index (χ3n) is 2.37. The number of aromatic nitrogens is 2. The molecular formula is C11H14N4OS. The van der Waals surface area contributed by atoms with Gasteiger partial charge < -0.3 is 15.6 Å². The fraction of sp³-hybridized carbons (Fsp3) is 0.273. The van der Waals surface area contributed by atoms with E-state index in [4.69, 9.17) is 5.73 Å². The lowest BCUT2D eigenvalue weighted by Crippen LogP contribution is -2.25. The van der Waals surface area contributed by atoms with Gasteiger partial charge in [0.05, 0.1) is 12.2 Å². The van der Waals surface area contributed by atoms with Crippen LogP contribution in [0.4, 0.5) is 5.69 Å². The number of amides is 1. The number of nitrogens with two attached hydrogens (primary N) is 1. The second-order valence-corrected chi connectivity index (χ2v) is 4.53. The van der Waals surface area contributed by atoms with Crippen LogP contribution in [0.15, 0.2) is 23.8 Å². The predicted molar refractivity (Wildman–Crippen MR) is 67.8 cm³/mol. The molecule has 0 saturated carbocycles. The molecule has 0 aliphatic heterocycles. The van der Waals surface area contributed by atoms with Gasteiger partial charge in [-0.25, -0.2) is 4.98 Å². The van der Waals surface area contributed by atoms with Gasteiger partial charge in [0.25, 0.3) is 5.91 Å². The molecule has 0 radical (unpaired) electrons. The van der Waals surface area contributed by atoms with Crippen molar-refractivity contribution in [1.82, 2.24) is 14.9 Å². The quantitative estimate of drug-likeness (QED) is 0.863. The minimum Gasteiger partial charge on any atom is -0.397 e. The lowest BCUT2D eigenvalue weighted by molar-refractivity contribution is 0.0941. The third-order valence-corrected chi connectivity index (χ3v) is 3.15. The van der Waals surface area contributed by atoms with Crippen molar-refractivity contribution in [2.75, 3.05) is 5.73 Å². The molecule has 0 aliphatic rings. The first-order valence-electron chi connectivity index (χ1n) is 5.33. The Morgan fingerprint density at radius 1 is 1.65 bits per heavy atom. The predicted octanol–water partition coefficient (Wildman–Crippen LogP) is 1.48. The van der Waals surface area contributed by atoms with Gasteiger partial charge in [-0.05, 0) is 13.0 Å². The highest BCUT2D eigenvalue weighted by Crippen LogP contribution is 2.11. The van der Waals surface area contributed by atoms with Gasteiger partial charge in [-0.1, -0.05) is 0 Å². The van der Waals surface area contributed by atoms with E-state index in [0.717, 1.165) is 11.6 Å². The van der Waals surface area contributed by atoms with Gasteiger partial charge in [-0.2, -0.15) is 0 Å². The molecule has 1 amide bonds. The molecule has 3 N–H and O–H groups in total. The summed E-state index contributed by atoms with van der Waals surface area (Å²) in [5.74, 6) is -0.126. The topological polar surface area (TPSA) is 72.9 Å². The molecule has 0 unspecified atom stereocenters. The maximum Gasteiger partial charge on any atom is 0.268 e. The Morgan fingerprint density at radius 2 is 2.47 bits per heavy atom. The summed E-state index contributed by atoms with van der Waals surface area (Å²) in [7, 11) is 0. The van der Waals surface area contributed by atoms with Gasteiger partial charge in [0.1, 0.15) is 10.7 Å². The molecule has 2 aromatic rings. The number of anilines is 1. The Kier molecular flexibility index (Phi) is 3.43. The van der Waals surface area contributed by atoms with Crippen molar-refractivity contribution in [1.29, 1.82) is 0 Å². The smallest absolute Gasteiger partial charge is 0.268 e. The van der Waals surface area contributed by atoms with Crippen molar-refractivity contribution < 1.29 is 4.79 Å². The van der Waals surface area contributed by atoms with Gasteiger partial charge >= 0.3 is 0 Å². The molecule has 2 heterocycles. The van der Waals surface area contributed by atoms with E-state index in [-0.39, 0.29) is 5.91 Å². The molecule has 0 atom stereocenters. The summed E-state index contributed by atoms with van der Waals surface area (Å²) in [4.78, 5) is 16.0. The van der Waals surface area contributed by atoms with Crippen LogP contribution in [0.2, 0.25) is 0 Å². The molecule has 5 nitrogen and oxygen atoms in total. The standard InChI is InChI=1S/C11H14N4OS/c1-2-15-7-8(12)5-9(15)11(16)14-6-10-13-3-4-17-10/h3-5,7H,2,6,12H2,1H3,(H,14,16). The second-order valence-electron chi connectivity index (χ2n) is 3.55. The monoisotopic (exact) mass is 250 g/mol. The largest absolute Gasteiger partial charge is 0.397 e. The molecule has 17 heavy (non-hydrogen) atoms. The average Bonchev–Trinajstić information content (AvgIpc) is 2.94. The van der Waals surface area contributed by atoms with E-state index < -0.39 is 0 Å². The zero-order chi connectivity index (χ0) is 12.3. The van der Waals surface area contributed by atoms with Crippen molar-refractivity contribution in [3.05, 3.63) is 34.5 Å². The maximum atomic E-state index is 11.9. The van der Waals surface area contributed by atoms with Gasteiger partial charge in [0.2, 0.25) is 0 Å². The van der Waals surface area contributed by atoms with Crippen molar-refractivity contribution >= 4 is 22.9 Å². The number of nitrogens with zero attached hydrogens (tertiary/aromatic N) is 2. The Balaban J connectivity index is 2.04. The fourth-order valence-electron chi connectivity index (χ4n) is 1.57. The third kappa shape index (κ3) is 2.65.